The normalized spacial score (nSPS) is 16.8. The van der Waals surface area contributed by atoms with Crippen molar-refractivity contribution >= 4 is 29.1 Å². The number of hydrogen-bond donors (Lipinski definition) is 3. The molecule has 2 heterocycles. The van der Waals surface area contributed by atoms with Crippen molar-refractivity contribution in [1.82, 2.24) is 20.5 Å². The van der Waals surface area contributed by atoms with Crippen LogP contribution in [0.3, 0.4) is 0 Å². The third kappa shape index (κ3) is 9.98. The van der Waals surface area contributed by atoms with Gasteiger partial charge in [0, 0.05) is 31.1 Å². The van der Waals surface area contributed by atoms with Gasteiger partial charge in [-0.1, -0.05) is 58.0 Å². The third-order valence-electron chi connectivity index (χ3n) is 6.96. The zero-order valence-electron chi connectivity index (χ0n) is 24.0. The van der Waals surface area contributed by atoms with Gasteiger partial charge < -0.3 is 25.4 Å². The van der Waals surface area contributed by atoms with Crippen molar-refractivity contribution in [2.75, 3.05) is 26.3 Å². The largest absolute Gasteiger partial charge is 0.384 e. The summed E-state index contributed by atoms with van der Waals surface area (Å²) < 4.78 is 5.37. The van der Waals surface area contributed by atoms with E-state index >= 15 is 0 Å². The molecule has 1 aliphatic rings. The zero-order chi connectivity index (χ0) is 29.1. The first-order valence-corrected chi connectivity index (χ1v) is 15.1. The molecule has 1 aliphatic heterocycles. The van der Waals surface area contributed by atoms with E-state index in [1.54, 1.807) is 16.5 Å². The van der Waals surface area contributed by atoms with Crippen molar-refractivity contribution in [2.45, 2.75) is 71.6 Å². The molecule has 3 N–H and O–H groups in total. The molecule has 0 aliphatic carbocycles. The molecule has 3 amide bonds. The van der Waals surface area contributed by atoms with E-state index in [-0.39, 0.29) is 36.0 Å². The van der Waals surface area contributed by atoms with E-state index in [0.717, 1.165) is 5.56 Å². The standard InChI is InChI=1S/C30H44N4O5S/c1-20(2)16-24(27(36)30-31-10-15-40-30)32-29(38)25(17-21(3)4)33-28(37)23(18-22-8-6-5-7-9-22)19-26(35)34-11-13-39-14-12-34/h5-10,15,20-21,23-25,27,36H,11-14,16-19H2,1-4H3,(H,32,38)(H,33,37)/t23-,24+,25+,27-/m1/s1. The van der Waals surface area contributed by atoms with E-state index in [1.165, 1.54) is 11.3 Å². The molecule has 0 unspecified atom stereocenters. The van der Waals surface area contributed by atoms with Gasteiger partial charge in [0.25, 0.3) is 0 Å². The van der Waals surface area contributed by atoms with E-state index < -0.39 is 24.1 Å². The van der Waals surface area contributed by atoms with Gasteiger partial charge in [-0.2, -0.15) is 0 Å². The van der Waals surface area contributed by atoms with Crippen LogP contribution in [0, 0.1) is 17.8 Å². The molecular weight excluding hydrogens is 528 g/mol. The number of carbonyl (C=O) groups excluding carboxylic acids is 3. The first-order valence-electron chi connectivity index (χ1n) is 14.2. The van der Waals surface area contributed by atoms with Gasteiger partial charge in [0.15, 0.2) is 0 Å². The molecule has 0 radical (unpaired) electrons. The summed E-state index contributed by atoms with van der Waals surface area (Å²) in [5.74, 6) is -1.04. The smallest absolute Gasteiger partial charge is 0.242 e. The lowest BCUT2D eigenvalue weighted by Gasteiger charge is -2.30. The van der Waals surface area contributed by atoms with Crippen LogP contribution in [-0.2, 0) is 25.5 Å². The Morgan fingerprint density at radius 1 is 1.00 bits per heavy atom. The van der Waals surface area contributed by atoms with Gasteiger partial charge in [-0.05, 0) is 36.7 Å². The predicted octanol–water partition coefficient (Wildman–Crippen LogP) is 3.35. The van der Waals surface area contributed by atoms with Crippen LogP contribution in [-0.4, -0.2) is 71.1 Å². The second kappa shape index (κ2) is 15.8. The number of hydrogen-bond acceptors (Lipinski definition) is 7. The Morgan fingerprint density at radius 3 is 2.27 bits per heavy atom. The minimum Gasteiger partial charge on any atom is -0.384 e. The topological polar surface area (TPSA) is 121 Å². The van der Waals surface area contributed by atoms with Crippen molar-refractivity contribution in [3.05, 3.63) is 52.5 Å². The molecule has 1 fully saturated rings. The van der Waals surface area contributed by atoms with Crippen LogP contribution in [0.4, 0.5) is 0 Å². The van der Waals surface area contributed by atoms with Crippen LogP contribution >= 0.6 is 11.3 Å². The highest BCUT2D eigenvalue weighted by molar-refractivity contribution is 7.09. The van der Waals surface area contributed by atoms with E-state index in [4.69, 9.17) is 4.74 Å². The summed E-state index contributed by atoms with van der Waals surface area (Å²) in [6.45, 7) is 10.0. The molecular formula is C30H44N4O5S. The van der Waals surface area contributed by atoms with E-state index in [1.807, 2.05) is 58.0 Å². The maximum absolute atomic E-state index is 13.7. The molecule has 1 aromatic carbocycles. The van der Waals surface area contributed by atoms with E-state index in [2.05, 4.69) is 15.6 Å². The Kier molecular flexibility index (Phi) is 12.5. The maximum Gasteiger partial charge on any atom is 0.242 e. The molecule has 4 atom stereocenters. The third-order valence-corrected chi connectivity index (χ3v) is 7.81. The number of nitrogens with one attached hydrogen (secondary N) is 2. The number of thiazole rings is 1. The zero-order valence-corrected chi connectivity index (χ0v) is 24.9. The lowest BCUT2D eigenvalue weighted by atomic mass is 9.93. The molecule has 40 heavy (non-hydrogen) atoms. The van der Waals surface area contributed by atoms with Crippen molar-refractivity contribution in [2.24, 2.45) is 17.8 Å². The highest BCUT2D eigenvalue weighted by Crippen LogP contribution is 2.24. The number of benzene rings is 1. The average molecular weight is 573 g/mol. The van der Waals surface area contributed by atoms with Crippen LogP contribution < -0.4 is 10.6 Å². The summed E-state index contributed by atoms with van der Waals surface area (Å²) in [5, 5.41) is 19.3. The summed E-state index contributed by atoms with van der Waals surface area (Å²) in [6.07, 6.45) is 2.10. The average Bonchev–Trinajstić information content (AvgIpc) is 3.47. The summed E-state index contributed by atoms with van der Waals surface area (Å²) in [7, 11) is 0. The molecule has 2 aromatic rings. The molecule has 1 aromatic heterocycles. The Morgan fingerprint density at radius 2 is 1.68 bits per heavy atom. The number of carbonyl (C=O) groups is 3. The van der Waals surface area contributed by atoms with Gasteiger partial charge >= 0.3 is 0 Å². The lowest BCUT2D eigenvalue weighted by Crippen LogP contribution is -2.53. The van der Waals surface area contributed by atoms with Crippen LogP contribution in [0.25, 0.3) is 0 Å². The van der Waals surface area contributed by atoms with Gasteiger partial charge in [-0.15, -0.1) is 11.3 Å². The monoisotopic (exact) mass is 572 g/mol. The van der Waals surface area contributed by atoms with Crippen molar-refractivity contribution in [3.63, 3.8) is 0 Å². The number of rotatable bonds is 14. The minimum atomic E-state index is -0.946. The Bertz CT molecular complexity index is 1060. The second-order valence-corrected chi connectivity index (χ2v) is 12.3. The Balaban J connectivity index is 1.76. The van der Waals surface area contributed by atoms with E-state index in [0.29, 0.717) is 50.6 Å². The molecule has 1 saturated heterocycles. The fraction of sp³-hybridized carbons (Fsp3) is 0.600. The Hall–Kier alpha value is -2.82. The fourth-order valence-electron chi connectivity index (χ4n) is 4.91. The van der Waals surface area contributed by atoms with Gasteiger partial charge in [-0.3, -0.25) is 14.4 Å². The molecule has 3 rings (SSSR count). The first kappa shape index (κ1) is 31.7. The van der Waals surface area contributed by atoms with Gasteiger partial charge in [-0.25, -0.2) is 4.98 Å². The van der Waals surface area contributed by atoms with Crippen molar-refractivity contribution in [1.29, 1.82) is 0 Å². The van der Waals surface area contributed by atoms with Crippen LogP contribution in [0.2, 0.25) is 0 Å². The van der Waals surface area contributed by atoms with Gasteiger partial charge in [0.2, 0.25) is 17.7 Å². The van der Waals surface area contributed by atoms with Crippen LogP contribution in [0.1, 0.15) is 63.6 Å². The number of amides is 3. The van der Waals surface area contributed by atoms with Gasteiger partial charge in [0.05, 0.1) is 25.2 Å². The lowest BCUT2D eigenvalue weighted by molar-refractivity contribution is -0.140. The SMILES string of the molecule is CC(C)C[C@H](NC(=O)[C@@H](CC(=O)N1CCOCC1)Cc1ccccc1)C(=O)N[C@@H](CC(C)C)[C@@H](O)c1nccs1. The van der Waals surface area contributed by atoms with Gasteiger partial charge in [0.1, 0.15) is 17.2 Å². The molecule has 220 valence electrons. The second-order valence-electron chi connectivity index (χ2n) is 11.3. The van der Waals surface area contributed by atoms with Crippen LogP contribution in [0.15, 0.2) is 41.9 Å². The molecule has 0 spiro atoms. The first-order chi connectivity index (χ1) is 19.1. The molecule has 9 nitrogen and oxygen atoms in total. The minimum absolute atomic E-state index is 0.0511. The summed E-state index contributed by atoms with van der Waals surface area (Å²) in [4.78, 5) is 46.4. The number of morpholine rings is 1. The number of aliphatic hydroxyl groups is 1. The fourth-order valence-corrected chi connectivity index (χ4v) is 5.60. The number of ether oxygens (including phenoxy) is 1. The van der Waals surface area contributed by atoms with Crippen molar-refractivity contribution in [3.8, 4) is 0 Å². The highest BCUT2D eigenvalue weighted by Gasteiger charge is 2.32. The molecule has 0 saturated carbocycles. The maximum atomic E-state index is 13.7. The molecule has 10 heteroatoms. The van der Waals surface area contributed by atoms with E-state index in [9.17, 15) is 19.5 Å². The van der Waals surface area contributed by atoms with Crippen molar-refractivity contribution < 1.29 is 24.2 Å². The summed E-state index contributed by atoms with van der Waals surface area (Å²) in [5.41, 5.74) is 0.950. The summed E-state index contributed by atoms with van der Waals surface area (Å²) in [6, 6.07) is 8.25. The number of aromatic nitrogens is 1. The summed E-state index contributed by atoms with van der Waals surface area (Å²) >= 11 is 1.34. The number of aliphatic hydroxyl groups excluding tert-OH is 1. The quantitative estimate of drug-likeness (QED) is 0.319. The van der Waals surface area contributed by atoms with Crippen LogP contribution in [0.5, 0.6) is 0 Å². The molecule has 0 bridgehead atoms. The highest BCUT2D eigenvalue weighted by atomic mass is 32.1. The Labute approximate surface area is 241 Å². The number of nitrogens with zero attached hydrogens (tertiary/aromatic N) is 2. The predicted molar refractivity (Wildman–Crippen MR) is 155 cm³/mol.